The van der Waals surface area contributed by atoms with Crippen molar-refractivity contribution in [1.82, 2.24) is 9.80 Å². The van der Waals surface area contributed by atoms with E-state index < -0.39 is 20.8 Å². The largest absolute Gasteiger partial charge is 0.394 e. The van der Waals surface area contributed by atoms with Crippen LogP contribution < -0.4 is 0 Å². The molecule has 0 bridgehead atoms. The van der Waals surface area contributed by atoms with Crippen LogP contribution in [0, 0.1) is 0 Å². The van der Waals surface area contributed by atoms with Crippen molar-refractivity contribution in [2.75, 3.05) is 20.3 Å². The van der Waals surface area contributed by atoms with Gasteiger partial charge in [0.1, 0.15) is 0 Å². The average Bonchev–Trinajstić information content (AvgIpc) is 2.56. The molecule has 12 heteroatoms. The molecule has 1 aliphatic rings. The number of hydrogen-bond donors (Lipinski definition) is 4. The van der Waals surface area contributed by atoms with E-state index in [-0.39, 0.29) is 0 Å². The zero-order valence-electron chi connectivity index (χ0n) is 11.1. The average molecular weight is 336 g/mol. The molecule has 20 heavy (non-hydrogen) atoms. The summed E-state index contributed by atoms with van der Waals surface area (Å²) in [7, 11) is -7.23. The molecule has 0 fully saturated rings. The van der Waals surface area contributed by atoms with Crippen LogP contribution in [0.25, 0.3) is 0 Å². The number of rotatable bonds is 3. The Bertz CT molecular complexity index is 427. The summed E-state index contributed by atoms with van der Waals surface area (Å²) in [5, 5.41) is 0. The summed E-state index contributed by atoms with van der Waals surface area (Å²) in [6.07, 6.45) is 6.87. The van der Waals surface area contributed by atoms with Gasteiger partial charge in [-0.2, -0.15) is 16.8 Å². The standard InChI is InChI=1S/C8H16N2.2H2O4S/c1-3-4-5-10-7-6-9(2)8-10;2*1-5(2,3)4/h6-7H,3-5,8H2,1-2H3;2*(H2,1,2,3,4). The van der Waals surface area contributed by atoms with Crippen LogP contribution in [-0.2, 0) is 20.8 Å². The van der Waals surface area contributed by atoms with E-state index in [9.17, 15) is 0 Å². The van der Waals surface area contributed by atoms with Gasteiger partial charge in [-0.3, -0.25) is 18.2 Å². The molecule has 0 aliphatic carbocycles. The highest BCUT2D eigenvalue weighted by atomic mass is 32.3. The van der Waals surface area contributed by atoms with Gasteiger partial charge in [0, 0.05) is 26.0 Å². The molecule has 1 aliphatic heterocycles. The Morgan fingerprint density at radius 2 is 1.40 bits per heavy atom. The van der Waals surface area contributed by atoms with Crippen LogP contribution >= 0.6 is 0 Å². The fourth-order valence-corrected chi connectivity index (χ4v) is 1.10. The lowest BCUT2D eigenvalue weighted by atomic mass is 10.3. The Morgan fingerprint density at radius 1 is 1.00 bits per heavy atom. The molecule has 0 radical (unpaired) electrons. The minimum atomic E-state index is -4.67. The summed E-state index contributed by atoms with van der Waals surface area (Å²) >= 11 is 0. The Hall–Kier alpha value is -0.920. The Balaban J connectivity index is 0. The van der Waals surface area contributed by atoms with E-state index in [4.69, 9.17) is 35.0 Å². The van der Waals surface area contributed by atoms with Crippen LogP contribution in [0.3, 0.4) is 0 Å². The van der Waals surface area contributed by atoms with Crippen molar-refractivity contribution in [3.05, 3.63) is 12.4 Å². The molecular weight excluding hydrogens is 316 g/mol. The number of hydrogen-bond acceptors (Lipinski definition) is 6. The molecule has 0 aromatic carbocycles. The van der Waals surface area contributed by atoms with Gasteiger partial charge in [0.2, 0.25) is 0 Å². The Labute approximate surface area is 118 Å². The highest BCUT2D eigenvalue weighted by molar-refractivity contribution is 7.80. The topological polar surface area (TPSA) is 156 Å². The predicted octanol–water partition coefficient (Wildman–Crippen LogP) is 0.157. The first-order valence-electron chi connectivity index (χ1n) is 5.35. The number of nitrogens with zero attached hydrogens (tertiary/aromatic N) is 2. The quantitative estimate of drug-likeness (QED) is 0.523. The van der Waals surface area contributed by atoms with Gasteiger partial charge in [-0.15, -0.1) is 0 Å². The van der Waals surface area contributed by atoms with Crippen LogP contribution in [0.1, 0.15) is 19.8 Å². The monoisotopic (exact) mass is 336 g/mol. The minimum Gasteiger partial charge on any atom is -0.362 e. The third-order valence-corrected chi connectivity index (χ3v) is 1.74. The molecule has 0 unspecified atom stereocenters. The lowest BCUT2D eigenvalue weighted by Crippen LogP contribution is -2.23. The van der Waals surface area contributed by atoms with Crippen molar-refractivity contribution in [3.63, 3.8) is 0 Å². The SMILES string of the molecule is CCCCN1C=CN(C)C1.O=S(=O)(O)O.O=S(=O)(O)O. The summed E-state index contributed by atoms with van der Waals surface area (Å²) in [6, 6.07) is 0. The van der Waals surface area contributed by atoms with Crippen molar-refractivity contribution in [2.45, 2.75) is 19.8 Å². The second-order valence-corrected chi connectivity index (χ2v) is 5.55. The fraction of sp³-hybridized carbons (Fsp3) is 0.750. The minimum absolute atomic E-state index is 1.07. The van der Waals surface area contributed by atoms with Crippen molar-refractivity contribution in [1.29, 1.82) is 0 Å². The lowest BCUT2D eigenvalue weighted by molar-refractivity contribution is 0.293. The summed E-state index contributed by atoms with van der Waals surface area (Å²) < 4.78 is 63.2. The van der Waals surface area contributed by atoms with Gasteiger partial charge >= 0.3 is 20.8 Å². The summed E-state index contributed by atoms with van der Waals surface area (Å²) in [4.78, 5) is 4.53. The zero-order valence-corrected chi connectivity index (χ0v) is 12.7. The fourth-order valence-electron chi connectivity index (χ4n) is 1.10. The normalized spacial score (nSPS) is 14.3. The van der Waals surface area contributed by atoms with E-state index in [0.717, 1.165) is 6.67 Å². The molecule has 0 saturated carbocycles. The Kier molecular flexibility index (Phi) is 10.6. The summed E-state index contributed by atoms with van der Waals surface area (Å²) in [5.41, 5.74) is 0. The van der Waals surface area contributed by atoms with E-state index >= 15 is 0 Å². The van der Waals surface area contributed by atoms with Crippen LogP contribution in [0.15, 0.2) is 12.4 Å². The Morgan fingerprint density at radius 3 is 1.65 bits per heavy atom. The van der Waals surface area contributed by atoms with E-state index in [1.807, 2.05) is 0 Å². The predicted molar refractivity (Wildman–Crippen MR) is 71.7 cm³/mol. The first-order valence-corrected chi connectivity index (χ1v) is 8.14. The smallest absolute Gasteiger partial charge is 0.362 e. The van der Waals surface area contributed by atoms with Crippen LogP contribution in [-0.4, -0.2) is 65.1 Å². The van der Waals surface area contributed by atoms with Gasteiger partial charge in [-0.25, -0.2) is 0 Å². The first-order chi connectivity index (χ1) is 8.83. The van der Waals surface area contributed by atoms with Gasteiger partial charge in [-0.1, -0.05) is 13.3 Å². The third-order valence-electron chi connectivity index (χ3n) is 1.74. The maximum Gasteiger partial charge on any atom is 0.394 e. The van der Waals surface area contributed by atoms with Crippen molar-refractivity contribution >= 4 is 20.8 Å². The van der Waals surface area contributed by atoms with Crippen molar-refractivity contribution in [3.8, 4) is 0 Å². The van der Waals surface area contributed by atoms with E-state index in [1.165, 1.54) is 19.4 Å². The number of unbranched alkanes of at least 4 members (excludes halogenated alkanes) is 1. The maximum absolute atomic E-state index is 8.74. The van der Waals surface area contributed by atoms with Crippen LogP contribution in [0.2, 0.25) is 0 Å². The molecule has 10 nitrogen and oxygen atoms in total. The third kappa shape index (κ3) is 30.3. The molecule has 1 rings (SSSR count). The molecule has 0 atom stereocenters. The molecule has 0 saturated heterocycles. The van der Waals surface area contributed by atoms with Crippen LogP contribution in [0.5, 0.6) is 0 Å². The lowest BCUT2D eigenvalue weighted by Gasteiger charge is -2.17. The molecule has 4 N–H and O–H groups in total. The van der Waals surface area contributed by atoms with Gasteiger partial charge in [0.15, 0.2) is 0 Å². The van der Waals surface area contributed by atoms with Gasteiger partial charge < -0.3 is 9.80 Å². The summed E-state index contributed by atoms with van der Waals surface area (Å²) in [6.45, 7) is 4.50. The van der Waals surface area contributed by atoms with Crippen molar-refractivity contribution in [2.24, 2.45) is 0 Å². The molecular formula is C8H20N2O8S2. The molecule has 0 aromatic heterocycles. The molecule has 0 spiro atoms. The van der Waals surface area contributed by atoms with Crippen LogP contribution in [0.4, 0.5) is 0 Å². The van der Waals surface area contributed by atoms with Gasteiger partial charge in [0.05, 0.1) is 6.67 Å². The second-order valence-electron chi connectivity index (χ2n) is 3.76. The highest BCUT2D eigenvalue weighted by Crippen LogP contribution is 2.04. The van der Waals surface area contributed by atoms with E-state index in [2.05, 4.69) is 36.2 Å². The second kappa shape index (κ2) is 9.90. The molecule has 0 amide bonds. The van der Waals surface area contributed by atoms with Crippen molar-refractivity contribution < 1.29 is 35.0 Å². The first kappa shape index (κ1) is 21.4. The molecule has 0 aromatic rings. The molecule has 1 heterocycles. The van der Waals surface area contributed by atoms with Gasteiger partial charge in [0.25, 0.3) is 0 Å². The molecule has 122 valence electrons. The maximum atomic E-state index is 8.74. The van der Waals surface area contributed by atoms with E-state index in [0.29, 0.717) is 0 Å². The van der Waals surface area contributed by atoms with E-state index in [1.54, 1.807) is 0 Å². The highest BCUT2D eigenvalue weighted by Gasteiger charge is 2.05. The zero-order chi connectivity index (χ0) is 16.4. The summed E-state index contributed by atoms with van der Waals surface area (Å²) in [5.74, 6) is 0. The van der Waals surface area contributed by atoms with Gasteiger partial charge in [-0.05, 0) is 6.42 Å².